The fourth-order valence-electron chi connectivity index (χ4n) is 4.37. The fourth-order valence-corrected chi connectivity index (χ4v) is 4.78. The molecule has 2 heteroatoms. The zero-order valence-corrected chi connectivity index (χ0v) is 15.5. The summed E-state index contributed by atoms with van der Waals surface area (Å²) in [6, 6.07) is 8.96. The van der Waals surface area contributed by atoms with Crippen molar-refractivity contribution in [3.8, 4) is 0 Å². The standard InChI is InChI=1S/C19H30BrN/c1-14(2)11-19(12-15(3)4)8-9-21-13-18(19)16-6-5-7-17(20)10-16/h5-7,10,14-15,18,21H,8-9,11-13H2,1-4H3. The Labute approximate surface area is 139 Å². The van der Waals surface area contributed by atoms with E-state index < -0.39 is 0 Å². The molecule has 21 heavy (non-hydrogen) atoms. The van der Waals surface area contributed by atoms with Crippen molar-refractivity contribution < 1.29 is 0 Å². The molecule has 1 atom stereocenters. The lowest BCUT2D eigenvalue weighted by atomic mass is 9.61. The maximum absolute atomic E-state index is 3.65. The van der Waals surface area contributed by atoms with Crippen LogP contribution in [-0.2, 0) is 0 Å². The lowest BCUT2D eigenvalue weighted by Crippen LogP contribution is -2.45. The topological polar surface area (TPSA) is 12.0 Å². The number of hydrogen-bond acceptors (Lipinski definition) is 1. The van der Waals surface area contributed by atoms with Crippen LogP contribution in [0.4, 0.5) is 0 Å². The van der Waals surface area contributed by atoms with Gasteiger partial charge in [0.15, 0.2) is 0 Å². The van der Waals surface area contributed by atoms with Crippen LogP contribution < -0.4 is 5.32 Å². The summed E-state index contributed by atoms with van der Waals surface area (Å²) < 4.78 is 1.20. The van der Waals surface area contributed by atoms with Crippen LogP contribution >= 0.6 is 15.9 Å². The maximum Gasteiger partial charge on any atom is 0.0178 e. The SMILES string of the molecule is CC(C)CC1(CC(C)C)CCNCC1c1cccc(Br)c1. The van der Waals surface area contributed by atoms with Crippen LogP contribution in [-0.4, -0.2) is 13.1 Å². The molecule has 1 N–H and O–H groups in total. The summed E-state index contributed by atoms with van der Waals surface area (Å²) in [6.45, 7) is 11.8. The van der Waals surface area contributed by atoms with Gasteiger partial charge in [0, 0.05) is 16.9 Å². The third kappa shape index (κ3) is 4.32. The first-order valence-corrected chi connectivity index (χ1v) is 9.18. The predicted molar refractivity (Wildman–Crippen MR) is 95.7 cm³/mol. The molecule has 1 aliphatic rings. The molecule has 0 radical (unpaired) electrons. The van der Waals surface area contributed by atoms with Crippen molar-refractivity contribution >= 4 is 15.9 Å². The van der Waals surface area contributed by atoms with Crippen LogP contribution in [0, 0.1) is 17.3 Å². The zero-order valence-electron chi connectivity index (χ0n) is 14.0. The van der Waals surface area contributed by atoms with Crippen molar-refractivity contribution in [2.75, 3.05) is 13.1 Å². The highest BCUT2D eigenvalue weighted by atomic mass is 79.9. The van der Waals surface area contributed by atoms with Gasteiger partial charge in [0.25, 0.3) is 0 Å². The van der Waals surface area contributed by atoms with Gasteiger partial charge >= 0.3 is 0 Å². The maximum atomic E-state index is 3.65. The minimum absolute atomic E-state index is 0.453. The first-order valence-electron chi connectivity index (χ1n) is 8.39. The molecular formula is C19H30BrN. The van der Waals surface area contributed by atoms with Crippen LogP contribution in [0.25, 0.3) is 0 Å². The van der Waals surface area contributed by atoms with Crippen molar-refractivity contribution in [2.24, 2.45) is 17.3 Å². The molecule has 1 heterocycles. The van der Waals surface area contributed by atoms with Crippen molar-refractivity contribution in [1.29, 1.82) is 0 Å². The molecule has 0 amide bonds. The van der Waals surface area contributed by atoms with E-state index >= 15 is 0 Å². The summed E-state index contributed by atoms with van der Waals surface area (Å²) in [7, 11) is 0. The minimum atomic E-state index is 0.453. The molecule has 0 aromatic heterocycles. The Morgan fingerprint density at radius 2 is 1.86 bits per heavy atom. The summed E-state index contributed by atoms with van der Waals surface area (Å²) >= 11 is 3.65. The van der Waals surface area contributed by atoms with Gasteiger partial charge in [0.2, 0.25) is 0 Å². The van der Waals surface area contributed by atoms with Crippen LogP contribution in [0.2, 0.25) is 0 Å². The van der Waals surface area contributed by atoms with Crippen molar-refractivity contribution in [3.63, 3.8) is 0 Å². The Morgan fingerprint density at radius 1 is 1.19 bits per heavy atom. The van der Waals surface area contributed by atoms with Crippen molar-refractivity contribution in [3.05, 3.63) is 34.3 Å². The number of benzene rings is 1. The van der Waals surface area contributed by atoms with E-state index in [1.165, 1.54) is 35.8 Å². The van der Waals surface area contributed by atoms with Crippen LogP contribution in [0.3, 0.4) is 0 Å². The largest absolute Gasteiger partial charge is 0.316 e. The molecule has 118 valence electrons. The third-order valence-corrected chi connectivity index (χ3v) is 5.26. The molecule has 0 aliphatic carbocycles. The molecule has 0 saturated carbocycles. The van der Waals surface area contributed by atoms with Gasteiger partial charge in [-0.15, -0.1) is 0 Å². The van der Waals surface area contributed by atoms with E-state index in [0.29, 0.717) is 11.3 Å². The van der Waals surface area contributed by atoms with Gasteiger partial charge in [-0.25, -0.2) is 0 Å². The Bertz CT molecular complexity index is 443. The van der Waals surface area contributed by atoms with Crippen molar-refractivity contribution in [2.45, 2.75) is 52.9 Å². The second-order valence-electron chi connectivity index (χ2n) is 7.62. The first kappa shape index (κ1) is 17.0. The number of halogens is 1. The molecule has 2 rings (SSSR count). The van der Waals surface area contributed by atoms with Crippen LogP contribution in [0.15, 0.2) is 28.7 Å². The van der Waals surface area contributed by atoms with E-state index in [1.807, 2.05) is 0 Å². The quantitative estimate of drug-likeness (QED) is 0.727. The Balaban J connectivity index is 2.37. The Morgan fingerprint density at radius 3 is 2.43 bits per heavy atom. The minimum Gasteiger partial charge on any atom is -0.316 e. The molecule has 1 aromatic carbocycles. The highest BCUT2D eigenvalue weighted by molar-refractivity contribution is 9.10. The van der Waals surface area contributed by atoms with E-state index in [2.05, 4.69) is 73.2 Å². The van der Waals surface area contributed by atoms with E-state index in [0.717, 1.165) is 18.4 Å². The predicted octanol–water partition coefficient (Wildman–Crippen LogP) is 5.60. The second-order valence-corrected chi connectivity index (χ2v) is 8.54. The highest BCUT2D eigenvalue weighted by Crippen LogP contribution is 2.50. The summed E-state index contributed by atoms with van der Waals surface area (Å²) in [5.74, 6) is 2.15. The molecule has 1 aliphatic heterocycles. The molecule has 1 aromatic rings. The lowest BCUT2D eigenvalue weighted by molar-refractivity contribution is 0.0971. The third-order valence-electron chi connectivity index (χ3n) is 4.77. The average Bonchev–Trinajstić information content (AvgIpc) is 2.37. The molecular weight excluding hydrogens is 322 g/mol. The smallest absolute Gasteiger partial charge is 0.0178 e. The van der Waals surface area contributed by atoms with Gasteiger partial charge in [0.05, 0.1) is 0 Å². The van der Waals surface area contributed by atoms with Crippen LogP contribution in [0.1, 0.15) is 58.4 Å². The fraction of sp³-hybridized carbons (Fsp3) is 0.684. The van der Waals surface area contributed by atoms with Gasteiger partial charge in [-0.3, -0.25) is 0 Å². The number of hydrogen-bond donors (Lipinski definition) is 1. The molecule has 0 spiro atoms. The summed E-state index contributed by atoms with van der Waals surface area (Å²) in [6.07, 6.45) is 3.98. The van der Waals surface area contributed by atoms with E-state index in [4.69, 9.17) is 0 Å². The number of piperidine rings is 1. The molecule has 0 bridgehead atoms. The summed E-state index contributed by atoms with van der Waals surface area (Å²) in [4.78, 5) is 0. The average molecular weight is 352 g/mol. The highest BCUT2D eigenvalue weighted by Gasteiger charge is 2.42. The van der Waals surface area contributed by atoms with Crippen molar-refractivity contribution in [1.82, 2.24) is 5.32 Å². The molecule has 1 saturated heterocycles. The summed E-state index contributed by atoms with van der Waals surface area (Å²) in [5.41, 5.74) is 1.95. The Kier molecular flexibility index (Phi) is 5.90. The number of rotatable bonds is 5. The van der Waals surface area contributed by atoms with Gasteiger partial charge in [0.1, 0.15) is 0 Å². The molecule has 1 fully saturated rings. The van der Waals surface area contributed by atoms with E-state index in [9.17, 15) is 0 Å². The van der Waals surface area contributed by atoms with Gasteiger partial charge in [-0.05, 0) is 60.8 Å². The van der Waals surface area contributed by atoms with E-state index in [1.54, 1.807) is 0 Å². The Hall–Kier alpha value is -0.340. The van der Waals surface area contributed by atoms with E-state index in [-0.39, 0.29) is 0 Å². The molecule has 1 unspecified atom stereocenters. The van der Waals surface area contributed by atoms with Gasteiger partial charge in [-0.2, -0.15) is 0 Å². The monoisotopic (exact) mass is 351 g/mol. The first-order chi connectivity index (χ1) is 9.93. The van der Waals surface area contributed by atoms with Gasteiger partial charge in [-0.1, -0.05) is 55.8 Å². The number of nitrogens with one attached hydrogen (secondary N) is 1. The summed E-state index contributed by atoms with van der Waals surface area (Å²) in [5, 5.41) is 3.64. The lowest BCUT2D eigenvalue weighted by Gasteiger charge is -2.47. The zero-order chi connectivity index (χ0) is 15.5. The van der Waals surface area contributed by atoms with Gasteiger partial charge < -0.3 is 5.32 Å². The van der Waals surface area contributed by atoms with Crippen LogP contribution in [0.5, 0.6) is 0 Å². The normalized spacial score (nSPS) is 22.0. The second kappa shape index (κ2) is 7.28. The molecule has 1 nitrogen and oxygen atoms in total.